The maximum atomic E-state index is 5.51. The second-order valence-corrected chi connectivity index (χ2v) is 5.62. The Morgan fingerprint density at radius 1 is 1.27 bits per heavy atom. The number of ether oxygens (including phenoxy) is 2. The van der Waals surface area contributed by atoms with E-state index in [2.05, 4.69) is 22.0 Å². The van der Waals surface area contributed by atoms with Crippen LogP contribution in [0.3, 0.4) is 0 Å². The Kier molecular flexibility index (Phi) is 4.34. The Morgan fingerprint density at radius 3 is 2.86 bits per heavy atom. The lowest BCUT2D eigenvalue weighted by Gasteiger charge is -2.26. The number of rotatable bonds is 5. The second kappa shape index (κ2) is 6.40. The van der Waals surface area contributed by atoms with Crippen molar-refractivity contribution in [2.45, 2.75) is 26.3 Å². The number of hydrogen-bond donors (Lipinski definition) is 1. The molecule has 0 amide bonds. The van der Waals surface area contributed by atoms with Crippen LogP contribution in [0, 0.1) is 0 Å². The normalized spacial score (nSPS) is 14.7. The van der Waals surface area contributed by atoms with Gasteiger partial charge in [0.15, 0.2) is 0 Å². The number of fused-ring (bicyclic) bond motifs is 1. The van der Waals surface area contributed by atoms with Crippen LogP contribution >= 0.6 is 0 Å². The fourth-order valence-electron chi connectivity index (χ4n) is 3.08. The smallest absolute Gasteiger partial charge is 0.128 e. The first-order valence-electron chi connectivity index (χ1n) is 7.77. The molecule has 0 saturated heterocycles. The van der Waals surface area contributed by atoms with Crippen LogP contribution in [-0.2, 0) is 13.0 Å². The minimum absolute atomic E-state index is 0.814. The summed E-state index contributed by atoms with van der Waals surface area (Å²) >= 11 is 0. The van der Waals surface area contributed by atoms with Gasteiger partial charge in [-0.15, -0.1) is 0 Å². The summed E-state index contributed by atoms with van der Waals surface area (Å²) in [6, 6.07) is 5.83. The van der Waals surface area contributed by atoms with E-state index < -0.39 is 0 Å². The first-order chi connectivity index (χ1) is 10.8. The molecule has 0 saturated carbocycles. The van der Waals surface area contributed by atoms with Gasteiger partial charge in [0.25, 0.3) is 0 Å². The standard InChI is InChI=1S/C17H23N3O2/c1-4-8-20-9-7-15-14(11-20)17(19-18-15)13-10-12(21-2)5-6-16(13)22-3/h5-6,10H,4,7-9,11H2,1-3H3,(H,18,19). The van der Waals surface area contributed by atoms with Crippen LogP contribution in [0.5, 0.6) is 11.5 Å². The van der Waals surface area contributed by atoms with Gasteiger partial charge in [0.1, 0.15) is 17.2 Å². The molecule has 1 N–H and O–H groups in total. The molecule has 0 spiro atoms. The quantitative estimate of drug-likeness (QED) is 0.922. The van der Waals surface area contributed by atoms with Gasteiger partial charge in [-0.2, -0.15) is 5.10 Å². The summed E-state index contributed by atoms with van der Waals surface area (Å²) in [5, 5.41) is 7.76. The monoisotopic (exact) mass is 301 g/mol. The molecule has 0 aliphatic carbocycles. The minimum atomic E-state index is 0.814. The number of aromatic nitrogens is 2. The maximum absolute atomic E-state index is 5.51. The summed E-state index contributed by atoms with van der Waals surface area (Å²) in [4.78, 5) is 2.48. The molecule has 22 heavy (non-hydrogen) atoms. The van der Waals surface area contributed by atoms with E-state index in [-0.39, 0.29) is 0 Å². The summed E-state index contributed by atoms with van der Waals surface area (Å²) in [6.07, 6.45) is 2.19. The van der Waals surface area contributed by atoms with Gasteiger partial charge in [0.05, 0.1) is 14.2 Å². The third-order valence-electron chi connectivity index (χ3n) is 4.21. The summed E-state index contributed by atoms with van der Waals surface area (Å²) in [5.74, 6) is 1.64. The van der Waals surface area contributed by atoms with E-state index >= 15 is 0 Å². The average Bonchev–Trinajstić information content (AvgIpc) is 2.97. The highest BCUT2D eigenvalue weighted by Crippen LogP contribution is 2.36. The highest BCUT2D eigenvalue weighted by Gasteiger charge is 2.24. The van der Waals surface area contributed by atoms with Gasteiger partial charge in [0, 0.05) is 36.3 Å². The van der Waals surface area contributed by atoms with Crippen LogP contribution in [0.1, 0.15) is 24.6 Å². The Balaban J connectivity index is 2.01. The molecule has 1 aliphatic rings. The molecule has 0 radical (unpaired) electrons. The van der Waals surface area contributed by atoms with Crippen molar-refractivity contribution in [3.63, 3.8) is 0 Å². The molecule has 0 unspecified atom stereocenters. The Labute approximate surface area is 131 Å². The number of nitrogens with one attached hydrogen (secondary N) is 1. The lowest BCUT2D eigenvalue weighted by molar-refractivity contribution is 0.254. The van der Waals surface area contributed by atoms with Crippen molar-refractivity contribution in [2.24, 2.45) is 0 Å². The SMILES string of the molecule is CCCN1CCc2[nH]nc(-c3cc(OC)ccc3OC)c2C1. The predicted octanol–water partition coefficient (Wildman–Crippen LogP) is 2.86. The summed E-state index contributed by atoms with van der Waals surface area (Å²) in [5.41, 5.74) is 4.49. The molecule has 2 heterocycles. The van der Waals surface area contributed by atoms with Gasteiger partial charge in [-0.1, -0.05) is 6.92 Å². The lowest BCUT2D eigenvalue weighted by Crippen LogP contribution is -2.31. The third kappa shape index (κ3) is 2.68. The van der Waals surface area contributed by atoms with E-state index in [1.165, 1.54) is 17.7 Å². The number of benzene rings is 1. The summed E-state index contributed by atoms with van der Waals surface area (Å²) in [6.45, 7) is 5.38. The van der Waals surface area contributed by atoms with E-state index in [4.69, 9.17) is 9.47 Å². The zero-order valence-electron chi connectivity index (χ0n) is 13.5. The first-order valence-corrected chi connectivity index (χ1v) is 7.77. The van der Waals surface area contributed by atoms with E-state index in [0.29, 0.717) is 0 Å². The minimum Gasteiger partial charge on any atom is -0.497 e. The molecule has 1 aromatic carbocycles. The van der Waals surface area contributed by atoms with E-state index in [0.717, 1.165) is 48.8 Å². The fourth-order valence-corrected chi connectivity index (χ4v) is 3.08. The molecule has 0 bridgehead atoms. The highest BCUT2D eigenvalue weighted by atomic mass is 16.5. The van der Waals surface area contributed by atoms with Gasteiger partial charge < -0.3 is 9.47 Å². The number of hydrogen-bond acceptors (Lipinski definition) is 4. The van der Waals surface area contributed by atoms with Crippen molar-refractivity contribution in [3.8, 4) is 22.8 Å². The Bertz CT molecular complexity index is 651. The molecule has 118 valence electrons. The number of H-pyrrole nitrogens is 1. The lowest BCUT2D eigenvalue weighted by atomic mass is 10.00. The third-order valence-corrected chi connectivity index (χ3v) is 4.21. The number of nitrogens with zero attached hydrogens (tertiary/aromatic N) is 2. The average molecular weight is 301 g/mol. The van der Waals surface area contributed by atoms with Crippen molar-refractivity contribution < 1.29 is 9.47 Å². The molecule has 3 rings (SSSR count). The van der Waals surface area contributed by atoms with Crippen molar-refractivity contribution in [2.75, 3.05) is 27.3 Å². The maximum Gasteiger partial charge on any atom is 0.128 e. The topological polar surface area (TPSA) is 50.4 Å². The number of methoxy groups -OCH3 is 2. The Hall–Kier alpha value is -2.01. The van der Waals surface area contributed by atoms with Crippen LogP contribution in [0.4, 0.5) is 0 Å². The molecule has 5 nitrogen and oxygen atoms in total. The summed E-state index contributed by atoms with van der Waals surface area (Å²) in [7, 11) is 3.36. The molecule has 5 heteroatoms. The van der Waals surface area contributed by atoms with E-state index in [1.54, 1.807) is 14.2 Å². The van der Waals surface area contributed by atoms with Crippen molar-refractivity contribution in [1.82, 2.24) is 15.1 Å². The van der Waals surface area contributed by atoms with Gasteiger partial charge >= 0.3 is 0 Å². The largest absolute Gasteiger partial charge is 0.497 e. The fraction of sp³-hybridized carbons (Fsp3) is 0.471. The van der Waals surface area contributed by atoms with Gasteiger partial charge in [-0.3, -0.25) is 10.00 Å². The van der Waals surface area contributed by atoms with Crippen LogP contribution in [0.15, 0.2) is 18.2 Å². The molecule has 1 aliphatic heterocycles. The highest BCUT2D eigenvalue weighted by molar-refractivity contribution is 5.72. The van der Waals surface area contributed by atoms with Crippen molar-refractivity contribution in [1.29, 1.82) is 0 Å². The van der Waals surface area contributed by atoms with Crippen LogP contribution in [0.25, 0.3) is 11.3 Å². The first kappa shape index (κ1) is 14.9. The molecular weight excluding hydrogens is 278 g/mol. The van der Waals surface area contributed by atoms with E-state index in [9.17, 15) is 0 Å². The van der Waals surface area contributed by atoms with Gasteiger partial charge in [-0.25, -0.2) is 0 Å². The zero-order chi connectivity index (χ0) is 15.5. The van der Waals surface area contributed by atoms with Gasteiger partial charge in [0.2, 0.25) is 0 Å². The zero-order valence-corrected chi connectivity index (χ0v) is 13.5. The molecular formula is C17H23N3O2. The van der Waals surface area contributed by atoms with Gasteiger partial charge in [-0.05, 0) is 31.2 Å². The van der Waals surface area contributed by atoms with Crippen LogP contribution in [0.2, 0.25) is 0 Å². The van der Waals surface area contributed by atoms with Crippen LogP contribution < -0.4 is 9.47 Å². The molecule has 0 atom stereocenters. The van der Waals surface area contributed by atoms with Crippen molar-refractivity contribution >= 4 is 0 Å². The van der Waals surface area contributed by atoms with E-state index in [1.807, 2.05) is 18.2 Å². The molecule has 0 fully saturated rings. The van der Waals surface area contributed by atoms with Crippen molar-refractivity contribution in [3.05, 3.63) is 29.5 Å². The summed E-state index contributed by atoms with van der Waals surface area (Å²) < 4.78 is 10.9. The molecule has 2 aromatic rings. The molecule has 1 aromatic heterocycles. The number of aromatic amines is 1. The Morgan fingerprint density at radius 2 is 2.14 bits per heavy atom. The predicted molar refractivity (Wildman–Crippen MR) is 86.4 cm³/mol. The second-order valence-electron chi connectivity index (χ2n) is 5.62. The van der Waals surface area contributed by atoms with Crippen LogP contribution in [-0.4, -0.2) is 42.4 Å².